The van der Waals surface area contributed by atoms with Gasteiger partial charge in [-0.3, -0.25) is 4.79 Å². The summed E-state index contributed by atoms with van der Waals surface area (Å²) in [6.45, 7) is 3.94. The molecule has 1 aromatic carbocycles. The van der Waals surface area contributed by atoms with Crippen molar-refractivity contribution in [2.24, 2.45) is 5.73 Å². The van der Waals surface area contributed by atoms with Crippen molar-refractivity contribution in [3.05, 3.63) is 35.4 Å². The van der Waals surface area contributed by atoms with Gasteiger partial charge in [0.15, 0.2) is 0 Å². The number of hydrogen-bond acceptors (Lipinski definition) is 2. The first kappa shape index (κ1) is 14.1. The molecule has 0 bridgehead atoms. The molecule has 0 radical (unpaired) electrons. The minimum Gasteiger partial charge on any atom is -0.348 e. The summed E-state index contributed by atoms with van der Waals surface area (Å²) < 4.78 is 0. The van der Waals surface area contributed by atoms with Crippen LogP contribution in [0.15, 0.2) is 24.3 Å². The van der Waals surface area contributed by atoms with E-state index in [9.17, 15) is 4.79 Å². The van der Waals surface area contributed by atoms with Gasteiger partial charge in [-0.05, 0) is 44.2 Å². The molecule has 3 heteroatoms. The minimum absolute atomic E-state index is 0.0382. The highest BCUT2D eigenvalue weighted by Gasteiger charge is 2.38. The van der Waals surface area contributed by atoms with Crippen molar-refractivity contribution >= 4 is 5.91 Å². The number of nitrogens with two attached hydrogens (primary N) is 1. The molecular weight excluding hydrogens is 236 g/mol. The second kappa shape index (κ2) is 4.64. The maximum Gasteiger partial charge on any atom is 0.232 e. The maximum atomic E-state index is 12.2. The number of amides is 1. The summed E-state index contributed by atoms with van der Waals surface area (Å²) in [5.41, 5.74) is 8.00. The zero-order valence-electron chi connectivity index (χ0n) is 12.4. The molecule has 19 heavy (non-hydrogen) atoms. The molecule has 0 unspecified atom stereocenters. The molecule has 3 nitrogen and oxygen atoms in total. The highest BCUT2D eigenvalue weighted by molar-refractivity contribution is 5.86. The van der Waals surface area contributed by atoms with Gasteiger partial charge in [-0.1, -0.05) is 24.3 Å². The normalized spacial score (nSPS) is 17.1. The zero-order valence-corrected chi connectivity index (χ0v) is 12.4. The van der Waals surface area contributed by atoms with Crippen LogP contribution < -0.4 is 5.73 Å². The Bertz CT molecular complexity index is 470. The van der Waals surface area contributed by atoms with Crippen LogP contribution in [0.25, 0.3) is 0 Å². The lowest BCUT2D eigenvalue weighted by Gasteiger charge is -2.27. The molecule has 0 aliphatic heterocycles. The van der Waals surface area contributed by atoms with Crippen molar-refractivity contribution in [2.45, 2.75) is 44.1 Å². The SMILES string of the molecule is CN(C)C(=O)C(C)(C)c1ccc(CC2(N)CC2)cc1. The first-order valence-corrected chi connectivity index (χ1v) is 6.85. The van der Waals surface area contributed by atoms with Crippen molar-refractivity contribution in [1.29, 1.82) is 0 Å². The Morgan fingerprint density at radius 3 is 2.21 bits per heavy atom. The average Bonchev–Trinajstić information content (AvgIpc) is 3.06. The van der Waals surface area contributed by atoms with Gasteiger partial charge in [0.25, 0.3) is 0 Å². The summed E-state index contributed by atoms with van der Waals surface area (Å²) in [4.78, 5) is 13.8. The fourth-order valence-electron chi connectivity index (χ4n) is 2.47. The smallest absolute Gasteiger partial charge is 0.232 e. The van der Waals surface area contributed by atoms with Gasteiger partial charge in [0.1, 0.15) is 0 Å². The second-order valence-electron chi connectivity index (χ2n) is 6.56. The topological polar surface area (TPSA) is 46.3 Å². The maximum absolute atomic E-state index is 12.2. The molecule has 0 atom stereocenters. The van der Waals surface area contributed by atoms with Gasteiger partial charge < -0.3 is 10.6 Å². The molecule has 1 aliphatic rings. The van der Waals surface area contributed by atoms with Crippen LogP contribution in [0.4, 0.5) is 0 Å². The quantitative estimate of drug-likeness (QED) is 0.901. The molecule has 2 N–H and O–H groups in total. The van der Waals surface area contributed by atoms with E-state index in [1.165, 1.54) is 5.56 Å². The molecule has 0 spiro atoms. The van der Waals surface area contributed by atoms with Crippen LogP contribution in [-0.4, -0.2) is 30.4 Å². The summed E-state index contributed by atoms with van der Waals surface area (Å²) in [6.07, 6.45) is 3.19. The predicted octanol–water partition coefficient (Wildman–Crippen LogP) is 2.09. The Morgan fingerprint density at radius 1 is 1.26 bits per heavy atom. The number of carbonyl (C=O) groups excluding carboxylic acids is 1. The number of nitrogens with zero attached hydrogens (tertiary/aromatic N) is 1. The van der Waals surface area contributed by atoms with E-state index < -0.39 is 5.41 Å². The molecule has 1 aromatic rings. The zero-order chi connectivity index (χ0) is 14.3. The minimum atomic E-state index is -0.484. The van der Waals surface area contributed by atoms with Crippen molar-refractivity contribution in [3.8, 4) is 0 Å². The van der Waals surface area contributed by atoms with Crippen LogP contribution in [0.5, 0.6) is 0 Å². The van der Waals surface area contributed by atoms with E-state index in [0.29, 0.717) is 0 Å². The largest absolute Gasteiger partial charge is 0.348 e. The van der Waals surface area contributed by atoms with Gasteiger partial charge in [-0.2, -0.15) is 0 Å². The van der Waals surface area contributed by atoms with E-state index in [1.54, 1.807) is 19.0 Å². The lowest BCUT2D eigenvalue weighted by Crippen LogP contribution is -2.39. The summed E-state index contributed by atoms with van der Waals surface area (Å²) in [6, 6.07) is 8.32. The molecule has 1 aliphatic carbocycles. The third-order valence-corrected chi connectivity index (χ3v) is 4.06. The van der Waals surface area contributed by atoms with Crippen molar-refractivity contribution in [3.63, 3.8) is 0 Å². The van der Waals surface area contributed by atoms with E-state index in [-0.39, 0.29) is 11.4 Å². The summed E-state index contributed by atoms with van der Waals surface area (Å²) in [5.74, 6) is 0.123. The fourth-order valence-corrected chi connectivity index (χ4v) is 2.47. The van der Waals surface area contributed by atoms with Crippen LogP contribution in [0.3, 0.4) is 0 Å². The highest BCUT2D eigenvalue weighted by atomic mass is 16.2. The number of benzene rings is 1. The molecule has 1 saturated carbocycles. The van der Waals surface area contributed by atoms with E-state index >= 15 is 0 Å². The Labute approximate surface area is 115 Å². The Balaban J connectivity index is 2.15. The highest BCUT2D eigenvalue weighted by Crippen LogP contribution is 2.36. The van der Waals surface area contributed by atoms with Gasteiger partial charge in [0.2, 0.25) is 5.91 Å². The monoisotopic (exact) mass is 260 g/mol. The second-order valence-corrected chi connectivity index (χ2v) is 6.56. The fraction of sp³-hybridized carbons (Fsp3) is 0.562. The number of rotatable bonds is 4. The third-order valence-electron chi connectivity index (χ3n) is 4.06. The first-order valence-electron chi connectivity index (χ1n) is 6.85. The van der Waals surface area contributed by atoms with Crippen molar-refractivity contribution < 1.29 is 4.79 Å². The van der Waals surface area contributed by atoms with Crippen LogP contribution >= 0.6 is 0 Å². The third kappa shape index (κ3) is 2.98. The predicted molar refractivity (Wildman–Crippen MR) is 78.0 cm³/mol. The summed E-state index contributed by atoms with van der Waals surface area (Å²) >= 11 is 0. The van der Waals surface area contributed by atoms with Crippen LogP contribution in [-0.2, 0) is 16.6 Å². The van der Waals surface area contributed by atoms with Crippen molar-refractivity contribution in [2.75, 3.05) is 14.1 Å². The van der Waals surface area contributed by atoms with Crippen molar-refractivity contribution in [1.82, 2.24) is 4.90 Å². The number of carbonyl (C=O) groups is 1. The average molecular weight is 260 g/mol. The van der Waals surface area contributed by atoms with E-state index in [1.807, 2.05) is 13.8 Å². The van der Waals surface area contributed by atoms with Crippen LogP contribution in [0.2, 0.25) is 0 Å². The number of likely N-dealkylation sites (N-methyl/N-ethyl adjacent to an activating group) is 1. The van der Waals surface area contributed by atoms with Crippen LogP contribution in [0, 0.1) is 0 Å². The standard InChI is InChI=1S/C16H24N2O/c1-15(2,14(19)18(3)4)13-7-5-12(6-8-13)11-16(17)9-10-16/h5-8H,9-11,17H2,1-4H3. The Morgan fingerprint density at radius 2 is 1.79 bits per heavy atom. The lowest BCUT2D eigenvalue weighted by atomic mass is 9.82. The van der Waals surface area contributed by atoms with Gasteiger partial charge in [-0.25, -0.2) is 0 Å². The molecule has 0 saturated heterocycles. The molecule has 2 rings (SSSR count). The van der Waals surface area contributed by atoms with Gasteiger partial charge in [0.05, 0.1) is 5.41 Å². The first-order chi connectivity index (χ1) is 8.74. The molecular formula is C16H24N2O. The van der Waals surface area contributed by atoms with Gasteiger partial charge >= 0.3 is 0 Å². The Kier molecular flexibility index (Phi) is 3.43. The van der Waals surface area contributed by atoms with Gasteiger partial charge in [0, 0.05) is 19.6 Å². The summed E-state index contributed by atoms with van der Waals surface area (Å²) in [7, 11) is 3.59. The van der Waals surface area contributed by atoms with E-state index in [4.69, 9.17) is 5.73 Å². The Hall–Kier alpha value is -1.35. The molecule has 104 valence electrons. The molecule has 0 heterocycles. The lowest BCUT2D eigenvalue weighted by molar-refractivity contribution is -0.133. The number of hydrogen-bond donors (Lipinski definition) is 1. The van der Waals surface area contributed by atoms with Crippen LogP contribution in [0.1, 0.15) is 37.8 Å². The molecule has 1 fully saturated rings. The van der Waals surface area contributed by atoms with Gasteiger partial charge in [-0.15, -0.1) is 0 Å². The molecule has 0 aromatic heterocycles. The summed E-state index contributed by atoms with van der Waals surface area (Å²) in [5, 5.41) is 0. The van der Waals surface area contributed by atoms with E-state index in [0.717, 1.165) is 24.8 Å². The van der Waals surface area contributed by atoms with E-state index in [2.05, 4.69) is 24.3 Å². The molecule has 1 amide bonds.